The van der Waals surface area contributed by atoms with Crippen molar-refractivity contribution in [2.75, 3.05) is 49.1 Å². The van der Waals surface area contributed by atoms with Gasteiger partial charge in [0.15, 0.2) is 0 Å². The first-order chi connectivity index (χ1) is 30.0. The van der Waals surface area contributed by atoms with Crippen molar-refractivity contribution in [2.24, 2.45) is 23.7 Å². The molecule has 2 aromatic rings. The van der Waals surface area contributed by atoms with E-state index in [4.69, 9.17) is 23.7 Å². The molecule has 0 aliphatic carbocycles. The molecule has 352 valence electrons. The minimum atomic E-state index is -1.02. The Bertz CT molecular complexity index is 1780. The van der Waals surface area contributed by atoms with Gasteiger partial charge in [-0.3, -0.25) is 19.2 Å². The van der Waals surface area contributed by atoms with Gasteiger partial charge in [-0.25, -0.2) is 4.79 Å². The van der Waals surface area contributed by atoms with E-state index in [0.717, 1.165) is 5.56 Å². The Morgan fingerprint density at radius 2 is 1.51 bits per heavy atom. The van der Waals surface area contributed by atoms with Crippen molar-refractivity contribution in [3.8, 4) is 11.5 Å². The second kappa shape index (κ2) is 25.5. The highest BCUT2D eigenvalue weighted by Crippen LogP contribution is 2.30. The topological polar surface area (TPSA) is 174 Å². The first-order valence-corrected chi connectivity index (χ1v) is 22.3. The summed E-state index contributed by atoms with van der Waals surface area (Å²) in [5.41, 5.74) is 1.46. The molecule has 0 radical (unpaired) electrons. The van der Waals surface area contributed by atoms with Crippen LogP contribution in [0.1, 0.15) is 85.3 Å². The zero-order chi connectivity index (χ0) is 47.0. The van der Waals surface area contributed by atoms with E-state index in [1.54, 1.807) is 63.2 Å². The van der Waals surface area contributed by atoms with Gasteiger partial charge in [-0.2, -0.15) is 0 Å². The van der Waals surface area contributed by atoms with Gasteiger partial charge < -0.3 is 49.4 Å². The molecule has 15 heteroatoms. The molecule has 1 aliphatic rings. The largest absolute Gasteiger partial charge is 0.497 e. The third kappa shape index (κ3) is 14.1. The molecule has 0 spiro atoms. The van der Waals surface area contributed by atoms with Crippen molar-refractivity contribution >= 4 is 29.6 Å². The maximum atomic E-state index is 14.4. The Morgan fingerprint density at radius 1 is 0.841 bits per heavy atom. The van der Waals surface area contributed by atoms with Crippen LogP contribution in [-0.2, 0) is 51.2 Å². The fraction of sp³-hybridized carbons (Fsp3) is 0.646. The molecule has 1 heterocycles. The Kier molecular flexibility index (Phi) is 21.3. The van der Waals surface area contributed by atoms with Crippen LogP contribution in [0.3, 0.4) is 0 Å². The third-order valence-electron chi connectivity index (χ3n) is 12.5. The van der Waals surface area contributed by atoms with Crippen LogP contribution in [0.5, 0.6) is 11.5 Å². The number of nitrogens with one attached hydrogen (secondary N) is 3. The number of ether oxygens (including phenoxy) is 5. The predicted molar refractivity (Wildman–Crippen MR) is 242 cm³/mol. The molecule has 15 nitrogen and oxygen atoms in total. The van der Waals surface area contributed by atoms with Gasteiger partial charge in [-0.05, 0) is 55.3 Å². The second-order valence-electron chi connectivity index (χ2n) is 17.4. The van der Waals surface area contributed by atoms with Gasteiger partial charge in [-0.15, -0.1) is 0 Å². The number of nitrogens with zero attached hydrogens (tertiary/aromatic N) is 2. The Balaban J connectivity index is 1.81. The minimum Gasteiger partial charge on any atom is -0.497 e. The molecular formula is C48H75N5O10. The number of hydrogen-bond donors (Lipinski definition) is 3. The molecule has 0 saturated carbocycles. The Labute approximate surface area is 375 Å². The minimum absolute atomic E-state index is 0.0130. The number of hydrogen-bond acceptors (Lipinski definition) is 11. The molecule has 0 aromatic heterocycles. The molecule has 1 aliphatic heterocycles. The van der Waals surface area contributed by atoms with E-state index >= 15 is 0 Å². The highest BCUT2D eigenvalue weighted by molar-refractivity contribution is 5.90. The number of methoxy groups -OCH3 is 4. The Hall–Kier alpha value is -4.73. The SMILES string of the molecule is CC[C@H](C)[C@@H]([C@@H](CC(=O)N1CCCC1[C@H](OC)[C@@H](C)C(=O)N[C@@H](Cc1ccccc1)C(=O)OCc1ccc(OC)cc1OC)OC)N(C)C(=O)C(NC(=O)[C@@H](NC)C(C)C)C(C)C. The van der Waals surface area contributed by atoms with Crippen LogP contribution in [0.2, 0.25) is 0 Å². The molecule has 0 bridgehead atoms. The van der Waals surface area contributed by atoms with Gasteiger partial charge in [0, 0.05) is 45.9 Å². The number of likely N-dealkylation sites (N-methyl/N-ethyl adjacent to an activating group) is 2. The van der Waals surface area contributed by atoms with Gasteiger partial charge in [0.1, 0.15) is 30.2 Å². The van der Waals surface area contributed by atoms with Crippen LogP contribution in [0.25, 0.3) is 0 Å². The lowest BCUT2D eigenvalue weighted by Crippen LogP contribution is -2.59. The number of carbonyl (C=O) groups is 5. The van der Waals surface area contributed by atoms with Crippen LogP contribution < -0.4 is 25.4 Å². The summed E-state index contributed by atoms with van der Waals surface area (Å²) >= 11 is 0. The lowest BCUT2D eigenvalue weighted by atomic mass is 9.89. The molecular weight excluding hydrogens is 807 g/mol. The number of esters is 1. The van der Waals surface area contributed by atoms with Gasteiger partial charge in [0.05, 0.1) is 56.9 Å². The van der Waals surface area contributed by atoms with Gasteiger partial charge >= 0.3 is 5.97 Å². The first kappa shape index (κ1) is 52.6. The second-order valence-corrected chi connectivity index (χ2v) is 17.4. The molecule has 3 rings (SSSR count). The summed E-state index contributed by atoms with van der Waals surface area (Å²) < 4.78 is 28.6. The van der Waals surface area contributed by atoms with Crippen LogP contribution >= 0.6 is 0 Å². The van der Waals surface area contributed by atoms with Crippen molar-refractivity contribution in [3.63, 3.8) is 0 Å². The molecule has 2 unspecified atom stereocenters. The smallest absolute Gasteiger partial charge is 0.329 e. The van der Waals surface area contributed by atoms with E-state index in [2.05, 4.69) is 16.0 Å². The maximum Gasteiger partial charge on any atom is 0.329 e. The lowest BCUT2D eigenvalue weighted by Gasteiger charge is -2.41. The number of carbonyl (C=O) groups excluding carboxylic acids is 5. The monoisotopic (exact) mass is 882 g/mol. The van der Waals surface area contributed by atoms with E-state index in [9.17, 15) is 24.0 Å². The fourth-order valence-corrected chi connectivity index (χ4v) is 8.62. The van der Waals surface area contributed by atoms with Crippen molar-refractivity contribution < 1.29 is 47.7 Å². The summed E-state index contributed by atoms with van der Waals surface area (Å²) in [6.07, 6.45) is 0.814. The molecule has 4 amide bonds. The van der Waals surface area contributed by atoms with Crippen molar-refractivity contribution in [2.45, 2.75) is 130 Å². The number of benzene rings is 2. The van der Waals surface area contributed by atoms with E-state index in [1.807, 2.05) is 71.9 Å². The average molecular weight is 882 g/mol. The fourth-order valence-electron chi connectivity index (χ4n) is 8.62. The number of likely N-dealkylation sites (tertiary alicyclic amines) is 1. The highest BCUT2D eigenvalue weighted by atomic mass is 16.5. The standard InChI is InChI=1S/C48H75N5O10/c1-14-31(6)43(52(9)47(57)42(30(4)5)51-46(56)41(49-8)29(2)3)39(61-12)27-40(54)53-24-18-21-37(53)44(62-13)32(7)45(55)50-36(25-33-19-16-15-17-20-33)48(58)63-28-34-22-23-35(59-10)26-38(34)60-11/h15-17,19-20,22-23,26,29-32,36-37,39,41-44,49H,14,18,21,24-25,27-28H2,1-13H3,(H,50,55)(H,51,56)/t31-,32+,36-,37?,39+,41-,42?,43-,44+/m0/s1. The van der Waals surface area contributed by atoms with Gasteiger partial charge in [0.2, 0.25) is 23.6 Å². The Morgan fingerprint density at radius 3 is 2.06 bits per heavy atom. The van der Waals surface area contributed by atoms with Crippen molar-refractivity contribution in [3.05, 3.63) is 59.7 Å². The average Bonchev–Trinajstić information content (AvgIpc) is 3.76. The molecule has 3 N–H and O–H groups in total. The summed E-state index contributed by atoms with van der Waals surface area (Å²) in [4.78, 5) is 73.2. The lowest BCUT2D eigenvalue weighted by molar-refractivity contribution is -0.151. The maximum absolute atomic E-state index is 14.4. The van der Waals surface area contributed by atoms with Crippen LogP contribution in [0.15, 0.2) is 48.5 Å². The zero-order valence-electron chi connectivity index (χ0n) is 39.9. The van der Waals surface area contributed by atoms with Gasteiger partial charge in [-0.1, -0.05) is 85.2 Å². The van der Waals surface area contributed by atoms with Crippen LogP contribution in [0, 0.1) is 23.7 Å². The summed E-state index contributed by atoms with van der Waals surface area (Å²) in [7, 11) is 9.58. The van der Waals surface area contributed by atoms with Crippen LogP contribution in [0.4, 0.5) is 0 Å². The van der Waals surface area contributed by atoms with E-state index in [0.29, 0.717) is 42.9 Å². The summed E-state index contributed by atoms with van der Waals surface area (Å²) in [5, 5.41) is 8.98. The summed E-state index contributed by atoms with van der Waals surface area (Å²) in [6, 6.07) is 11.4. The molecule has 1 fully saturated rings. The first-order valence-electron chi connectivity index (χ1n) is 22.3. The predicted octanol–water partition coefficient (Wildman–Crippen LogP) is 4.78. The third-order valence-corrected chi connectivity index (χ3v) is 12.5. The summed E-state index contributed by atoms with van der Waals surface area (Å²) in [6.45, 7) is 13.8. The normalized spacial score (nSPS) is 17.8. The van der Waals surface area contributed by atoms with Crippen LogP contribution in [-0.4, -0.2) is 131 Å². The van der Waals surface area contributed by atoms with E-state index in [-0.39, 0.29) is 54.9 Å². The number of rotatable bonds is 25. The molecule has 63 heavy (non-hydrogen) atoms. The highest BCUT2D eigenvalue weighted by Gasteiger charge is 2.43. The van der Waals surface area contributed by atoms with Gasteiger partial charge in [0.25, 0.3) is 0 Å². The molecule has 9 atom stereocenters. The quantitative estimate of drug-likeness (QED) is 0.117. The van der Waals surface area contributed by atoms with Crippen molar-refractivity contribution in [1.82, 2.24) is 25.8 Å². The molecule has 1 saturated heterocycles. The van der Waals surface area contributed by atoms with E-state index in [1.165, 1.54) is 14.2 Å². The van der Waals surface area contributed by atoms with E-state index < -0.39 is 60.2 Å². The number of amides is 4. The van der Waals surface area contributed by atoms with Crippen molar-refractivity contribution in [1.29, 1.82) is 0 Å². The zero-order valence-corrected chi connectivity index (χ0v) is 39.9. The summed E-state index contributed by atoms with van der Waals surface area (Å²) in [5.74, 6) is -1.65. The molecule has 2 aromatic carbocycles.